The standard InChI is InChI=1S/C20H27N3O4/c1-2-21-18(24)13-27-17-9-7-15(8-10-17)22-20(26)14-11-19(25)23(12-14)16-5-3-4-6-16/h7-10,14,16H,2-6,11-13H2,1H3,(H,21,24)(H,22,26). The van der Waals surface area contributed by atoms with E-state index in [9.17, 15) is 14.4 Å². The minimum Gasteiger partial charge on any atom is -0.484 e. The van der Waals surface area contributed by atoms with E-state index in [1.165, 1.54) is 12.8 Å². The lowest BCUT2D eigenvalue weighted by atomic mass is 10.1. The number of ether oxygens (including phenoxy) is 1. The van der Waals surface area contributed by atoms with Crippen molar-refractivity contribution in [2.75, 3.05) is 25.0 Å². The molecule has 0 spiro atoms. The summed E-state index contributed by atoms with van der Waals surface area (Å²) < 4.78 is 5.39. The van der Waals surface area contributed by atoms with Crippen LogP contribution in [0.2, 0.25) is 0 Å². The van der Waals surface area contributed by atoms with Crippen LogP contribution in [0, 0.1) is 5.92 Å². The lowest BCUT2D eigenvalue weighted by Gasteiger charge is -2.23. The molecule has 1 aromatic carbocycles. The third-order valence-corrected chi connectivity index (χ3v) is 5.16. The zero-order valence-electron chi connectivity index (χ0n) is 15.7. The van der Waals surface area contributed by atoms with Gasteiger partial charge >= 0.3 is 0 Å². The van der Waals surface area contributed by atoms with Crippen molar-refractivity contribution in [2.45, 2.75) is 45.1 Å². The maximum Gasteiger partial charge on any atom is 0.257 e. The first-order valence-electron chi connectivity index (χ1n) is 9.66. The average Bonchev–Trinajstić information content (AvgIpc) is 3.31. The first-order chi connectivity index (χ1) is 13.1. The molecule has 7 heteroatoms. The smallest absolute Gasteiger partial charge is 0.257 e. The second-order valence-corrected chi connectivity index (χ2v) is 7.14. The number of likely N-dealkylation sites (tertiary alicyclic amines) is 1. The number of nitrogens with one attached hydrogen (secondary N) is 2. The minimum atomic E-state index is -0.299. The van der Waals surface area contributed by atoms with Crippen molar-refractivity contribution >= 4 is 23.4 Å². The van der Waals surface area contributed by atoms with Crippen molar-refractivity contribution in [2.24, 2.45) is 5.92 Å². The summed E-state index contributed by atoms with van der Waals surface area (Å²) in [6.45, 7) is 2.89. The molecule has 1 aromatic rings. The van der Waals surface area contributed by atoms with Gasteiger partial charge < -0.3 is 20.3 Å². The summed E-state index contributed by atoms with van der Waals surface area (Å²) in [4.78, 5) is 38.1. The van der Waals surface area contributed by atoms with Crippen LogP contribution in [0.3, 0.4) is 0 Å². The number of likely N-dealkylation sites (N-methyl/N-ethyl adjacent to an activating group) is 1. The second kappa shape index (κ2) is 8.88. The SMILES string of the molecule is CCNC(=O)COc1ccc(NC(=O)C2CC(=O)N(C3CCCC3)C2)cc1. The summed E-state index contributed by atoms with van der Waals surface area (Å²) in [5, 5.41) is 5.53. The van der Waals surface area contributed by atoms with Crippen LogP contribution in [0.4, 0.5) is 5.69 Å². The summed E-state index contributed by atoms with van der Waals surface area (Å²) >= 11 is 0. The van der Waals surface area contributed by atoms with Crippen LogP contribution >= 0.6 is 0 Å². The van der Waals surface area contributed by atoms with Crippen LogP contribution in [0.25, 0.3) is 0 Å². The highest BCUT2D eigenvalue weighted by Gasteiger charge is 2.38. The van der Waals surface area contributed by atoms with Gasteiger partial charge in [0, 0.05) is 31.2 Å². The summed E-state index contributed by atoms with van der Waals surface area (Å²) in [6, 6.07) is 7.20. The molecule has 27 heavy (non-hydrogen) atoms. The monoisotopic (exact) mass is 373 g/mol. The molecule has 3 amide bonds. The normalized spacial score (nSPS) is 20.0. The van der Waals surface area contributed by atoms with Gasteiger partial charge in [0.25, 0.3) is 5.91 Å². The molecule has 146 valence electrons. The van der Waals surface area contributed by atoms with Gasteiger partial charge in [0.05, 0.1) is 5.92 Å². The molecule has 2 fully saturated rings. The lowest BCUT2D eigenvalue weighted by Crippen LogP contribution is -2.35. The Morgan fingerprint density at radius 3 is 2.56 bits per heavy atom. The fraction of sp³-hybridized carbons (Fsp3) is 0.550. The zero-order valence-corrected chi connectivity index (χ0v) is 15.7. The largest absolute Gasteiger partial charge is 0.484 e. The molecule has 7 nitrogen and oxygen atoms in total. The van der Waals surface area contributed by atoms with Crippen molar-refractivity contribution in [1.29, 1.82) is 0 Å². The molecule has 1 atom stereocenters. The molecule has 1 saturated carbocycles. The van der Waals surface area contributed by atoms with Gasteiger partial charge in [-0.25, -0.2) is 0 Å². The fourth-order valence-electron chi connectivity index (χ4n) is 3.75. The Morgan fingerprint density at radius 2 is 1.89 bits per heavy atom. The number of benzene rings is 1. The molecule has 1 heterocycles. The van der Waals surface area contributed by atoms with Crippen molar-refractivity contribution in [3.8, 4) is 5.75 Å². The first-order valence-corrected chi connectivity index (χ1v) is 9.66. The van der Waals surface area contributed by atoms with E-state index in [0.29, 0.717) is 30.6 Å². The number of nitrogens with zero attached hydrogens (tertiary/aromatic N) is 1. The molecule has 3 rings (SSSR count). The highest BCUT2D eigenvalue weighted by molar-refractivity contribution is 5.97. The molecular formula is C20H27N3O4. The van der Waals surface area contributed by atoms with Gasteiger partial charge in [-0.2, -0.15) is 0 Å². The van der Waals surface area contributed by atoms with E-state index in [0.717, 1.165) is 12.8 Å². The number of carbonyl (C=O) groups excluding carboxylic acids is 3. The molecule has 2 N–H and O–H groups in total. The van der Waals surface area contributed by atoms with Crippen LogP contribution in [-0.2, 0) is 14.4 Å². The van der Waals surface area contributed by atoms with Crippen molar-refractivity contribution in [3.63, 3.8) is 0 Å². The molecule has 1 unspecified atom stereocenters. The fourth-order valence-corrected chi connectivity index (χ4v) is 3.75. The van der Waals surface area contributed by atoms with Crippen LogP contribution in [0.1, 0.15) is 39.0 Å². The van der Waals surface area contributed by atoms with E-state index >= 15 is 0 Å². The van der Waals surface area contributed by atoms with Crippen molar-refractivity contribution in [3.05, 3.63) is 24.3 Å². The molecule has 1 aliphatic heterocycles. The van der Waals surface area contributed by atoms with Gasteiger partial charge in [0.1, 0.15) is 5.75 Å². The Hall–Kier alpha value is -2.57. The van der Waals surface area contributed by atoms with Gasteiger partial charge in [-0.05, 0) is 44.0 Å². The molecule has 0 aromatic heterocycles. The van der Waals surface area contributed by atoms with E-state index < -0.39 is 0 Å². The van der Waals surface area contributed by atoms with Gasteiger partial charge in [-0.1, -0.05) is 12.8 Å². The second-order valence-electron chi connectivity index (χ2n) is 7.14. The maximum absolute atomic E-state index is 12.5. The molecule has 0 bridgehead atoms. The Kier molecular flexibility index (Phi) is 6.32. The van der Waals surface area contributed by atoms with E-state index in [4.69, 9.17) is 4.74 Å². The number of hydrogen-bond donors (Lipinski definition) is 2. The van der Waals surface area contributed by atoms with Gasteiger partial charge in [-0.3, -0.25) is 14.4 Å². The summed E-state index contributed by atoms with van der Waals surface area (Å²) in [5.74, 6) is 0.0538. The quantitative estimate of drug-likeness (QED) is 0.764. The first kappa shape index (κ1) is 19.2. The molecule has 2 aliphatic rings. The van der Waals surface area contributed by atoms with E-state index in [2.05, 4.69) is 10.6 Å². The average molecular weight is 373 g/mol. The van der Waals surface area contributed by atoms with Gasteiger partial charge in [0.2, 0.25) is 11.8 Å². The van der Waals surface area contributed by atoms with Crippen molar-refractivity contribution in [1.82, 2.24) is 10.2 Å². The Bertz CT molecular complexity index is 683. The summed E-state index contributed by atoms with van der Waals surface area (Å²) in [7, 11) is 0. The predicted octanol–water partition coefficient (Wildman–Crippen LogP) is 1.93. The Labute approximate surface area is 159 Å². The maximum atomic E-state index is 12.5. The van der Waals surface area contributed by atoms with Gasteiger partial charge in [0.15, 0.2) is 6.61 Å². The lowest BCUT2D eigenvalue weighted by molar-refractivity contribution is -0.130. The van der Waals surface area contributed by atoms with E-state index in [1.54, 1.807) is 24.3 Å². The Balaban J connectivity index is 1.49. The molecular weight excluding hydrogens is 346 g/mol. The van der Waals surface area contributed by atoms with E-state index in [1.807, 2.05) is 11.8 Å². The van der Waals surface area contributed by atoms with Gasteiger partial charge in [-0.15, -0.1) is 0 Å². The highest BCUT2D eigenvalue weighted by atomic mass is 16.5. The zero-order chi connectivity index (χ0) is 19.2. The molecule has 1 saturated heterocycles. The third-order valence-electron chi connectivity index (χ3n) is 5.16. The Morgan fingerprint density at radius 1 is 1.19 bits per heavy atom. The number of amides is 3. The summed E-state index contributed by atoms with van der Waals surface area (Å²) in [5.41, 5.74) is 0.650. The predicted molar refractivity (Wildman–Crippen MR) is 101 cm³/mol. The number of hydrogen-bond acceptors (Lipinski definition) is 4. The van der Waals surface area contributed by atoms with Crippen LogP contribution < -0.4 is 15.4 Å². The van der Waals surface area contributed by atoms with Crippen LogP contribution in [0.5, 0.6) is 5.75 Å². The topological polar surface area (TPSA) is 87.7 Å². The summed E-state index contributed by atoms with van der Waals surface area (Å²) in [6.07, 6.45) is 4.73. The third kappa shape index (κ3) is 4.99. The number of rotatable bonds is 7. The molecule has 1 aliphatic carbocycles. The molecule has 0 radical (unpaired) electrons. The number of carbonyl (C=O) groups is 3. The van der Waals surface area contributed by atoms with E-state index in [-0.39, 0.29) is 36.7 Å². The highest BCUT2D eigenvalue weighted by Crippen LogP contribution is 2.30. The number of anilines is 1. The minimum absolute atomic E-state index is 0.0409. The van der Waals surface area contributed by atoms with Crippen LogP contribution in [0.15, 0.2) is 24.3 Å². The van der Waals surface area contributed by atoms with Crippen LogP contribution in [-0.4, -0.2) is 48.4 Å². The van der Waals surface area contributed by atoms with Crippen molar-refractivity contribution < 1.29 is 19.1 Å².